The van der Waals surface area contributed by atoms with Gasteiger partial charge in [-0.1, -0.05) is 11.3 Å². The van der Waals surface area contributed by atoms with Crippen molar-refractivity contribution in [2.75, 3.05) is 5.32 Å². The van der Waals surface area contributed by atoms with Crippen LogP contribution in [-0.2, 0) is 4.79 Å². The Morgan fingerprint density at radius 2 is 1.87 bits per heavy atom. The minimum Gasteiger partial charge on any atom is -0.481 e. The Bertz CT molecular complexity index is 849. The third-order valence-corrected chi connectivity index (χ3v) is 4.01. The highest BCUT2D eigenvalue weighted by atomic mass is 32.1. The number of aromatic nitrogens is 1. The van der Waals surface area contributed by atoms with Crippen LogP contribution in [0.25, 0.3) is 10.2 Å². The summed E-state index contributed by atoms with van der Waals surface area (Å²) < 4.78 is 32.1. The molecule has 1 heterocycles. The first-order valence-corrected chi connectivity index (χ1v) is 7.62. The van der Waals surface area contributed by atoms with Gasteiger partial charge in [0.2, 0.25) is 0 Å². The lowest BCUT2D eigenvalue weighted by Gasteiger charge is -2.13. The Hall–Kier alpha value is -2.54. The lowest BCUT2D eigenvalue weighted by molar-refractivity contribution is -0.122. The van der Waals surface area contributed by atoms with Crippen molar-refractivity contribution >= 4 is 32.6 Å². The molecule has 0 fully saturated rings. The van der Waals surface area contributed by atoms with Crippen LogP contribution in [0.15, 0.2) is 42.5 Å². The molecule has 7 heteroatoms. The standard InChI is InChI=1S/C16H12F2N2O2S/c1-9(22-12-5-2-10(17)3-6-12)15(21)20-16-19-13-7-4-11(18)8-14(13)23-16/h2-9H,1H3,(H,19,20,21)/t9-/m0/s1. The molecule has 1 amide bonds. The number of hydrogen-bond donors (Lipinski definition) is 1. The molecule has 118 valence electrons. The molecule has 0 spiro atoms. The quantitative estimate of drug-likeness (QED) is 0.785. The number of hydrogen-bond acceptors (Lipinski definition) is 4. The highest BCUT2D eigenvalue weighted by Crippen LogP contribution is 2.26. The highest BCUT2D eigenvalue weighted by Gasteiger charge is 2.17. The van der Waals surface area contributed by atoms with Gasteiger partial charge in [0.05, 0.1) is 10.2 Å². The van der Waals surface area contributed by atoms with Crippen LogP contribution in [0.4, 0.5) is 13.9 Å². The summed E-state index contributed by atoms with van der Waals surface area (Å²) in [5.41, 5.74) is 0.610. The number of anilines is 1. The van der Waals surface area contributed by atoms with Gasteiger partial charge in [-0.25, -0.2) is 13.8 Å². The second kappa shape index (κ2) is 6.29. The number of nitrogens with one attached hydrogen (secondary N) is 1. The molecule has 1 aromatic heterocycles. The summed E-state index contributed by atoms with van der Waals surface area (Å²) in [5.74, 6) is -0.738. The topological polar surface area (TPSA) is 51.2 Å². The van der Waals surface area contributed by atoms with E-state index in [1.165, 1.54) is 47.7 Å². The van der Waals surface area contributed by atoms with E-state index in [1.807, 2.05) is 0 Å². The van der Waals surface area contributed by atoms with E-state index >= 15 is 0 Å². The Labute approximate surface area is 134 Å². The molecule has 0 saturated carbocycles. The van der Waals surface area contributed by atoms with Crippen LogP contribution in [0.3, 0.4) is 0 Å². The van der Waals surface area contributed by atoms with E-state index in [9.17, 15) is 13.6 Å². The summed E-state index contributed by atoms with van der Waals surface area (Å²) in [6.07, 6.45) is -0.788. The van der Waals surface area contributed by atoms with Gasteiger partial charge in [-0.3, -0.25) is 10.1 Å². The number of carbonyl (C=O) groups is 1. The van der Waals surface area contributed by atoms with Crippen molar-refractivity contribution in [1.82, 2.24) is 4.98 Å². The fourth-order valence-corrected chi connectivity index (χ4v) is 2.82. The fourth-order valence-electron chi connectivity index (χ4n) is 1.93. The molecule has 0 saturated heterocycles. The highest BCUT2D eigenvalue weighted by molar-refractivity contribution is 7.22. The molecule has 0 radical (unpaired) electrons. The van der Waals surface area contributed by atoms with E-state index < -0.39 is 12.0 Å². The van der Waals surface area contributed by atoms with Crippen molar-refractivity contribution in [2.24, 2.45) is 0 Å². The number of halogens is 2. The van der Waals surface area contributed by atoms with E-state index in [1.54, 1.807) is 13.0 Å². The van der Waals surface area contributed by atoms with Crippen molar-refractivity contribution in [2.45, 2.75) is 13.0 Å². The first-order valence-electron chi connectivity index (χ1n) is 6.80. The predicted octanol–water partition coefficient (Wildman–Crippen LogP) is 3.98. The lowest BCUT2D eigenvalue weighted by atomic mass is 10.3. The van der Waals surface area contributed by atoms with Crippen LogP contribution in [0, 0.1) is 11.6 Å². The van der Waals surface area contributed by atoms with Crippen LogP contribution in [0.1, 0.15) is 6.92 Å². The van der Waals surface area contributed by atoms with Gasteiger partial charge in [0.15, 0.2) is 11.2 Å². The second-order valence-electron chi connectivity index (χ2n) is 4.83. The summed E-state index contributed by atoms with van der Waals surface area (Å²) in [6.45, 7) is 1.58. The average molecular weight is 334 g/mol. The van der Waals surface area contributed by atoms with Gasteiger partial charge in [-0.15, -0.1) is 0 Å². The molecule has 4 nitrogen and oxygen atoms in total. The normalized spacial score (nSPS) is 12.1. The number of benzene rings is 2. The van der Waals surface area contributed by atoms with E-state index in [0.717, 1.165) is 0 Å². The third-order valence-electron chi connectivity index (χ3n) is 3.08. The fraction of sp³-hybridized carbons (Fsp3) is 0.125. The van der Waals surface area contributed by atoms with E-state index in [-0.39, 0.29) is 11.6 Å². The molecule has 0 unspecified atom stereocenters. The second-order valence-corrected chi connectivity index (χ2v) is 5.86. The van der Waals surface area contributed by atoms with Gasteiger partial charge < -0.3 is 4.74 Å². The zero-order valence-corrected chi connectivity index (χ0v) is 12.9. The molecular formula is C16H12F2N2O2S. The number of thiazole rings is 1. The molecular weight excluding hydrogens is 322 g/mol. The minimum atomic E-state index is -0.788. The number of rotatable bonds is 4. The van der Waals surface area contributed by atoms with E-state index in [4.69, 9.17) is 4.74 Å². The van der Waals surface area contributed by atoms with Crippen LogP contribution in [0.5, 0.6) is 5.75 Å². The number of amides is 1. The first-order chi connectivity index (χ1) is 11.0. The third kappa shape index (κ3) is 3.62. The minimum absolute atomic E-state index is 0.355. The maximum atomic E-state index is 13.2. The SMILES string of the molecule is C[C@H](Oc1ccc(F)cc1)C(=O)Nc1nc2ccc(F)cc2s1. The largest absolute Gasteiger partial charge is 0.481 e. The summed E-state index contributed by atoms with van der Waals surface area (Å²) in [7, 11) is 0. The van der Waals surface area contributed by atoms with Crippen molar-refractivity contribution in [3.05, 3.63) is 54.1 Å². The molecule has 1 N–H and O–H groups in total. The van der Waals surface area contributed by atoms with Gasteiger partial charge in [0.25, 0.3) is 5.91 Å². The summed E-state index contributed by atoms with van der Waals surface area (Å²) in [6, 6.07) is 9.62. The Kier molecular flexibility index (Phi) is 4.20. The molecule has 0 aliphatic rings. The van der Waals surface area contributed by atoms with Crippen LogP contribution in [-0.4, -0.2) is 17.0 Å². The molecule has 0 aliphatic heterocycles. The van der Waals surface area contributed by atoms with Gasteiger partial charge >= 0.3 is 0 Å². The van der Waals surface area contributed by atoms with E-state index in [2.05, 4.69) is 10.3 Å². The van der Waals surface area contributed by atoms with Crippen LogP contribution in [0.2, 0.25) is 0 Å². The smallest absolute Gasteiger partial charge is 0.266 e. The van der Waals surface area contributed by atoms with Gasteiger partial charge in [0.1, 0.15) is 17.4 Å². The maximum Gasteiger partial charge on any atom is 0.266 e. The zero-order valence-electron chi connectivity index (χ0n) is 12.0. The van der Waals surface area contributed by atoms with Gasteiger partial charge in [-0.2, -0.15) is 0 Å². The summed E-state index contributed by atoms with van der Waals surface area (Å²) in [5, 5.41) is 3.00. The molecule has 23 heavy (non-hydrogen) atoms. The lowest BCUT2D eigenvalue weighted by Crippen LogP contribution is -2.30. The summed E-state index contributed by atoms with van der Waals surface area (Å²) in [4.78, 5) is 16.3. The number of carbonyl (C=O) groups excluding carboxylic acids is 1. The molecule has 0 aliphatic carbocycles. The van der Waals surface area contributed by atoms with Crippen molar-refractivity contribution < 1.29 is 18.3 Å². The maximum absolute atomic E-state index is 13.2. The Balaban J connectivity index is 1.68. The molecule has 2 aromatic carbocycles. The van der Waals surface area contributed by atoms with Crippen molar-refractivity contribution in [1.29, 1.82) is 0 Å². The van der Waals surface area contributed by atoms with Gasteiger partial charge in [0, 0.05) is 0 Å². The van der Waals surface area contributed by atoms with Crippen LogP contribution < -0.4 is 10.1 Å². The predicted molar refractivity (Wildman–Crippen MR) is 84.7 cm³/mol. The van der Waals surface area contributed by atoms with Gasteiger partial charge in [-0.05, 0) is 49.4 Å². The molecule has 1 atom stereocenters. The average Bonchev–Trinajstić information content (AvgIpc) is 2.90. The molecule has 3 aromatic rings. The Morgan fingerprint density at radius 3 is 2.61 bits per heavy atom. The zero-order chi connectivity index (χ0) is 16.4. The summed E-state index contributed by atoms with van der Waals surface area (Å²) >= 11 is 1.18. The van der Waals surface area contributed by atoms with Crippen molar-refractivity contribution in [3.8, 4) is 5.75 Å². The van der Waals surface area contributed by atoms with Crippen molar-refractivity contribution in [3.63, 3.8) is 0 Å². The monoisotopic (exact) mass is 334 g/mol. The first kappa shape index (κ1) is 15.4. The Morgan fingerprint density at radius 1 is 1.17 bits per heavy atom. The number of nitrogens with zero attached hydrogens (tertiary/aromatic N) is 1. The number of fused-ring (bicyclic) bond motifs is 1. The van der Waals surface area contributed by atoms with Crippen LogP contribution >= 0.6 is 11.3 Å². The molecule has 0 bridgehead atoms. The molecule has 3 rings (SSSR count). The van der Waals surface area contributed by atoms with E-state index in [0.29, 0.717) is 21.1 Å². The number of ether oxygens (including phenoxy) is 1.